The van der Waals surface area contributed by atoms with Crippen molar-refractivity contribution in [2.24, 2.45) is 5.73 Å². The Bertz CT molecular complexity index is 1580. The highest BCUT2D eigenvalue weighted by atomic mass is 19.1. The Morgan fingerprint density at radius 3 is 2.26 bits per heavy atom. The molecule has 0 aromatic heterocycles. The van der Waals surface area contributed by atoms with Crippen LogP contribution >= 0.6 is 0 Å². The Labute approximate surface area is 250 Å². The number of nitrogens with zero attached hydrogens (tertiary/aromatic N) is 4. The SMILES string of the molecule is Cc1cc(C)c(C(=O)N2CCN(c3ccc(F)cc3)C(C(N)=O)C2)c(C)c1NC1CCN(c2ccc(F)cc2C#N)CC1. The number of halogens is 2. The van der Waals surface area contributed by atoms with Gasteiger partial charge < -0.3 is 25.8 Å². The average Bonchev–Trinajstić information content (AvgIpc) is 2.99. The summed E-state index contributed by atoms with van der Waals surface area (Å²) in [5.74, 6) is -1.49. The molecule has 3 N–H and O–H groups in total. The molecule has 5 rings (SSSR count). The van der Waals surface area contributed by atoms with Crippen LogP contribution in [-0.4, -0.2) is 61.5 Å². The van der Waals surface area contributed by atoms with E-state index in [0.29, 0.717) is 43.0 Å². The Balaban J connectivity index is 1.31. The molecular weight excluding hydrogens is 550 g/mol. The number of nitrogens with one attached hydrogen (secondary N) is 1. The van der Waals surface area contributed by atoms with Crippen LogP contribution in [0.4, 0.5) is 25.8 Å². The lowest BCUT2D eigenvalue weighted by molar-refractivity contribution is -0.119. The van der Waals surface area contributed by atoms with E-state index in [1.165, 1.54) is 24.3 Å². The van der Waals surface area contributed by atoms with Gasteiger partial charge in [0.2, 0.25) is 5.91 Å². The van der Waals surface area contributed by atoms with Crippen LogP contribution in [0.2, 0.25) is 0 Å². The quantitative estimate of drug-likeness (QED) is 0.436. The molecule has 2 aliphatic heterocycles. The van der Waals surface area contributed by atoms with E-state index in [9.17, 15) is 23.6 Å². The summed E-state index contributed by atoms with van der Waals surface area (Å²) >= 11 is 0. The molecule has 0 aliphatic carbocycles. The molecule has 0 radical (unpaired) electrons. The number of carbonyl (C=O) groups is 2. The number of carbonyl (C=O) groups excluding carboxylic acids is 2. The summed E-state index contributed by atoms with van der Waals surface area (Å²) in [5.41, 5.74) is 11.8. The van der Waals surface area contributed by atoms with Gasteiger partial charge in [-0.15, -0.1) is 0 Å². The van der Waals surface area contributed by atoms with Crippen LogP contribution in [0, 0.1) is 43.7 Å². The monoisotopic (exact) mass is 586 g/mol. The van der Waals surface area contributed by atoms with Crippen LogP contribution in [0.5, 0.6) is 0 Å². The molecule has 1 unspecified atom stereocenters. The van der Waals surface area contributed by atoms with Gasteiger partial charge in [-0.2, -0.15) is 5.26 Å². The molecule has 0 saturated carbocycles. The first-order valence-electron chi connectivity index (χ1n) is 14.5. The highest BCUT2D eigenvalue weighted by Gasteiger charge is 2.35. The van der Waals surface area contributed by atoms with Crippen LogP contribution < -0.4 is 20.9 Å². The van der Waals surface area contributed by atoms with E-state index in [2.05, 4.69) is 16.3 Å². The number of hydrogen-bond acceptors (Lipinski definition) is 6. The van der Waals surface area contributed by atoms with Gasteiger partial charge in [0.25, 0.3) is 5.91 Å². The minimum absolute atomic E-state index is 0.133. The van der Waals surface area contributed by atoms with Crippen LogP contribution in [-0.2, 0) is 4.79 Å². The Morgan fingerprint density at radius 2 is 1.60 bits per heavy atom. The van der Waals surface area contributed by atoms with Crippen molar-refractivity contribution in [1.29, 1.82) is 5.26 Å². The van der Waals surface area contributed by atoms with E-state index >= 15 is 0 Å². The molecule has 10 heteroatoms. The maximum atomic E-state index is 14.0. The number of hydrogen-bond donors (Lipinski definition) is 2. The van der Waals surface area contributed by atoms with E-state index in [1.807, 2.05) is 31.7 Å². The van der Waals surface area contributed by atoms with Gasteiger partial charge in [-0.3, -0.25) is 9.59 Å². The molecule has 3 aromatic carbocycles. The van der Waals surface area contributed by atoms with Gasteiger partial charge in [0, 0.05) is 49.2 Å². The summed E-state index contributed by atoms with van der Waals surface area (Å²) < 4.78 is 27.1. The van der Waals surface area contributed by atoms with Gasteiger partial charge in [-0.25, -0.2) is 8.78 Å². The number of primary amides is 1. The molecule has 2 aliphatic rings. The lowest BCUT2D eigenvalue weighted by atomic mass is 9.94. The molecule has 8 nitrogen and oxygen atoms in total. The molecule has 1 atom stereocenters. The van der Waals surface area contributed by atoms with Crippen LogP contribution in [0.25, 0.3) is 0 Å². The number of nitrogens with two attached hydrogens (primary N) is 1. The fourth-order valence-corrected chi connectivity index (χ4v) is 6.39. The minimum atomic E-state index is -0.736. The Hall–Kier alpha value is -4.65. The van der Waals surface area contributed by atoms with Crippen molar-refractivity contribution in [2.75, 3.05) is 47.8 Å². The van der Waals surface area contributed by atoms with E-state index in [-0.39, 0.29) is 24.3 Å². The maximum Gasteiger partial charge on any atom is 0.254 e. The fraction of sp³-hybridized carbons (Fsp3) is 0.364. The van der Waals surface area contributed by atoms with Gasteiger partial charge in [-0.05, 0) is 92.8 Å². The predicted molar refractivity (Wildman–Crippen MR) is 163 cm³/mol. The summed E-state index contributed by atoms with van der Waals surface area (Å²) in [5, 5.41) is 13.1. The van der Waals surface area contributed by atoms with Crippen LogP contribution in [0.15, 0.2) is 48.5 Å². The molecule has 2 fully saturated rings. The van der Waals surface area contributed by atoms with Crippen molar-refractivity contribution in [3.8, 4) is 6.07 Å². The van der Waals surface area contributed by atoms with Crippen LogP contribution in [0.3, 0.4) is 0 Å². The van der Waals surface area contributed by atoms with Gasteiger partial charge in [0.1, 0.15) is 23.7 Å². The molecule has 0 bridgehead atoms. The first kappa shape index (κ1) is 29.8. The number of rotatable bonds is 6. The first-order valence-corrected chi connectivity index (χ1v) is 14.5. The van der Waals surface area contributed by atoms with E-state index in [0.717, 1.165) is 40.9 Å². The number of benzene rings is 3. The van der Waals surface area contributed by atoms with Gasteiger partial charge in [0.15, 0.2) is 0 Å². The molecular formula is C33H36F2N6O2. The van der Waals surface area contributed by atoms with Crippen molar-refractivity contribution in [3.05, 3.63) is 88.0 Å². The summed E-state index contributed by atoms with van der Waals surface area (Å²) in [6, 6.07) is 13.7. The summed E-state index contributed by atoms with van der Waals surface area (Å²) in [6.45, 7) is 8.22. The van der Waals surface area contributed by atoms with Crippen molar-refractivity contribution in [2.45, 2.75) is 45.7 Å². The van der Waals surface area contributed by atoms with Crippen molar-refractivity contribution in [1.82, 2.24) is 4.90 Å². The smallest absolute Gasteiger partial charge is 0.254 e. The molecule has 2 heterocycles. The summed E-state index contributed by atoms with van der Waals surface area (Å²) in [7, 11) is 0. The van der Waals surface area contributed by atoms with E-state index in [1.54, 1.807) is 23.1 Å². The third-order valence-electron chi connectivity index (χ3n) is 8.60. The average molecular weight is 587 g/mol. The number of anilines is 3. The number of piperidine rings is 1. The zero-order valence-corrected chi connectivity index (χ0v) is 24.7. The third kappa shape index (κ3) is 6.12. The topological polar surface area (TPSA) is 106 Å². The molecule has 0 spiro atoms. The second kappa shape index (κ2) is 12.3. The molecule has 2 amide bonds. The lowest BCUT2D eigenvalue weighted by Crippen LogP contribution is -2.59. The fourth-order valence-electron chi connectivity index (χ4n) is 6.39. The number of aryl methyl sites for hydroxylation is 2. The minimum Gasteiger partial charge on any atom is -0.382 e. The van der Waals surface area contributed by atoms with Gasteiger partial charge >= 0.3 is 0 Å². The van der Waals surface area contributed by atoms with E-state index < -0.39 is 17.8 Å². The number of piperazine rings is 1. The van der Waals surface area contributed by atoms with Gasteiger partial charge in [-0.1, -0.05) is 6.07 Å². The van der Waals surface area contributed by atoms with Crippen molar-refractivity contribution < 1.29 is 18.4 Å². The van der Waals surface area contributed by atoms with Gasteiger partial charge in [0.05, 0.1) is 17.8 Å². The second-order valence-electron chi connectivity index (χ2n) is 11.4. The third-order valence-corrected chi connectivity index (χ3v) is 8.60. The Kier molecular flexibility index (Phi) is 8.53. The summed E-state index contributed by atoms with van der Waals surface area (Å²) in [4.78, 5) is 32.0. The largest absolute Gasteiger partial charge is 0.382 e. The zero-order valence-electron chi connectivity index (χ0n) is 24.7. The highest BCUT2D eigenvalue weighted by Crippen LogP contribution is 2.32. The second-order valence-corrected chi connectivity index (χ2v) is 11.4. The number of amides is 2. The molecule has 3 aromatic rings. The maximum absolute atomic E-state index is 14.0. The normalized spacial score (nSPS) is 17.5. The number of nitriles is 1. The molecule has 43 heavy (non-hydrogen) atoms. The zero-order chi connectivity index (χ0) is 30.8. The lowest BCUT2D eigenvalue weighted by Gasteiger charge is -2.41. The van der Waals surface area contributed by atoms with Crippen LogP contribution in [0.1, 0.15) is 45.5 Å². The molecule has 224 valence electrons. The standard InChI is InChI=1S/C33H36F2N6O2/c1-20-16-21(2)31(38-26-10-12-39(13-11-26)28-9-6-25(35)17-23(28)18-36)22(3)30(20)33(43)40-14-15-41(29(19-40)32(37)42)27-7-4-24(34)5-8-27/h4-9,16-17,26,29,38H,10-15,19H2,1-3H3,(H2,37,42). The molecule has 2 saturated heterocycles. The predicted octanol–water partition coefficient (Wildman–Crippen LogP) is 4.66. The van der Waals surface area contributed by atoms with Crippen molar-refractivity contribution >= 4 is 28.9 Å². The first-order chi connectivity index (χ1) is 20.6. The highest BCUT2D eigenvalue weighted by molar-refractivity contribution is 5.99. The summed E-state index contributed by atoms with van der Waals surface area (Å²) in [6.07, 6.45) is 1.62. The Morgan fingerprint density at radius 1 is 0.930 bits per heavy atom. The van der Waals surface area contributed by atoms with E-state index in [4.69, 9.17) is 5.73 Å². The van der Waals surface area contributed by atoms with Crippen molar-refractivity contribution in [3.63, 3.8) is 0 Å².